The normalized spacial score (nSPS) is 13.8. The molecule has 3 aromatic heterocycles. The van der Waals surface area contributed by atoms with Crippen LogP contribution in [0, 0.1) is 5.82 Å². The number of carbonyl (C=O) groups excluding carboxylic acids is 1. The molecule has 0 fully saturated rings. The second-order valence-corrected chi connectivity index (χ2v) is 6.92. The quantitative estimate of drug-likeness (QED) is 0.586. The highest BCUT2D eigenvalue weighted by atomic mass is 19.1. The van der Waals surface area contributed by atoms with Gasteiger partial charge in [0.15, 0.2) is 11.6 Å². The van der Waals surface area contributed by atoms with Crippen molar-refractivity contribution in [1.82, 2.24) is 19.9 Å². The predicted octanol–water partition coefficient (Wildman–Crippen LogP) is 3.31. The van der Waals surface area contributed by atoms with Crippen LogP contribution in [-0.4, -0.2) is 33.5 Å². The number of aromatic nitrogens is 3. The summed E-state index contributed by atoms with van der Waals surface area (Å²) in [6.45, 7) is 1.63. The summed E-state index contributed by atoms with van der Waals surface area (Å²) in [6.07, 6.45) is 3.44. The Bertz CT molecular complexity index is 1200. The van der Waals surface area contributed by atoms with Crippen LogP contribution in [0.1, 0.15) is 15.9 Å². The van der Waals surface area contributed by atoms with Crippen molar-refractivity contribution >= 4 is 22.8 Å². The van der Waals surface area contributed by atoms with Crippen molar-refractivity contribution < 1.29 is 9.18 Å². The van der Waals surface area contributed by atoms with Crippen LogP contribution in [0.2, 0.25) is 0 Å². The summed E-state index contributed by atoms with van der Waals surface area (Å²) in [4.78, 5) is 23.4. The number of carbonyl (C=O) groups is 1. The molecule has 29 heavy (non-hydrogen) atoms. The summed E-state index contributed by atoms with van der Waals surface area (Å²) in [7, 11) is 0. The van der Waals surface area contributed by atoms with Gasteiger partial charge in [-0.3, -0.25) is 14.3 Å². The van der Waals surface area contributed by atoms with Crippen LogP contribution in [-0.2, 0) is 6.54 Å². The van der Waals surface area contributed by atoms with Gasteiger partial charge < -0.3 is 10.2 Å². The lowest BCUT2D eigenvalue weighted by Crippen LogP contribution is -2.30. The van der Waals surface area contributed by atoms with Crippen molar-refractivity contribution in [3.05, 3.63) is 83.9 Å². The third-order valence-electron chi connectivity index (χ3n) is 5.05. The van der Waals surface area contributed by atoms with Crippen molar-refractivity contribution in [3.63, 3.8) is 0 Å². The highest BCUT2D eigenvalue weighted by Gasteiger charge is 2.25. The molecule has 4 heterocycles. The molecule has 5 rings (SSSR count). The van der Waals surface area contributed by atoms with E-state index in [4.69, 9.17) is 0 Å². The van der Waals surface area contributed by atoms with Gasteiger partial charge in [-0.05, 0) is 29.8 Å². The zero-order valence-electron chi connectivity index (χ0n) is 15.5. The number of amides is 1. The third-order valence-corrected chi connectivity index (χ3v) is 5.05. The lowest BCUT2D eigenvalue weighted by Gasteiger charge is -2.24. The Morgan fingerprint density at radius 1 is 1.07 bits per heavy atom. The Labute approximate surface area is 166 Å². The highest BCUT2D eigenvalue weighted by molar-refractivity contribution is 5.99. The second-order valence-electron chi connectivity index (χ2n) is 6.92. The summed E-state index contributed by atoms with van der Waals surface area (Å²) in [5, 5.41) is 2.82. The Balaban J connectivity index is 1.65. The summed E-state index contributed by atoms with van der Waals surface area (Å²) < 4.78 is 16.7. The first-order chi connectivity index (χ1) is 14.2. The zero-order valence-corrected chi connectivity index (χ0v) is 15.5. The number of pyridine rings is 2. The van der Waals surface area contributed by atoms with Crippen LogP contribution in [0.5, 0.6) is 0 Å². The molecule has 0 aliphatic carbocycles. The number of hydrogen-bond acceptors (Lipinski definition) is 4. The van der Waals surface area contributed by atoms with Gasteiger partial charge in [-0.2, -0.15) is 0 Å². The van der Waals surface area contributed by atoms with Crippen molar-refractivity contribution in [2.75, 3.05) is 18.0 Å². The molecular formula is C22H18FN5O. The summed E-state index contributed by atoms with van der Waals surface area (Å²) in [6, 6.07) is 16.7. The van der Waals surface area contributed by atoms with E-state index in [2.05, 4.69) is 15.3 Å². The number of fused-ring (bicyclic) bond motifs is 2. The fourth-order valence-electron chi connectivity index (χ4n) is 3.66. The molecule has 7 heteroatoms. The molecule has 1 aliphatic rings. The topological polar surface area (TPSA) is 63.1 Å². The number of halogens is 1. The Hall–Kier alpha value is -3.74. The molecule has 0 atom stereocenters. The van der Waals surface area contributed by atoms with Gasteiger partial charge in [-0.15, -0.1) is 0 Å². The van der Waals surface area contributed by atoms with Gasteiger partial charge in [0.2, 0.25) is 0 Å². The van der Waals surface area contributed by atoms with Crippen LogP contribution in [0.15, 0.2) is 67.0 Å². The van der Waals surface area contributed by atoms with E-state index in [-0.39, 0.29) is 17.3 Å². The fraction of sp³-hybridized carbons (Fsp3) is 0.136. The van der Waals surface area contributed by atoms with Crippen molar-refractivity contribution in [3.8, 4) is 5.82 Å². The Kier molecular flexibility index (Phi) is 4.20. The van der Waals surface area contributed by atoms with Gasteiger partial charge in [0.25, 0.3) is 5.91 Å². The van der Waals surface area contributed by atoms with E-state index >= 15 is 4.39 Å². The smallest absolute Gasteiger partial charge is 0.255 e. The van der Waals surface area contributed by atoms with Crippen molar-refractivity contribution in [2.45, 2.75) is 6.54 Å². The van der Waals surface area contributed by atoms with E-state index < -0.39 is 5.82 Å². The summed E-state index contributed by atoms with van der Waals surface area (Å²) in [5.74, 6) is -0.236. The first-order valence-corrected chi connectivity index (χ1v) is 9.41. The molecule has 1 amide bonds. The van der Waals surface area contributed by atoms with E-state index in [9.17, 15) is 4.79 Å². The molecule has 0 saturated carbocycles. The number of nitrogens with zero attached hydrogens (tertiary/aromatic N) is 4. The van der Waals surface area contributed by atoms with Crippen LogP contribution in [0.3, 0.4) is 0 Å². The largest absolute Gasteiger partial charge is 0.350 e. The minimum atomic E-state index is -0.554. The van der Waals surface area contributed by atoms with Gasteiger partial charge in [0, 0.05) is 32.0 Å². The van der Waals surface area contributed by atoms with Gasteiger partial charge in [0.1, 0.15) is 5.82 Å². The van der Waals surface area contributed by atoms with Gasteiger partial charge in [0.05, 0.1) is 16.6 Å². The molecule has 1 aliphatic heterocycles. The fourth-order valence-corrected chi connectivity index (χ4v) is 3.66. The molecule has 144 valence electrons. The average Bonchev–Trinajstić information content (AvgIpc) is 3.11. The predicted molar refractivity (Wildman–Crippen MR) is 109 cm³/mol. The number of nitrogens with one attached hydrogen (secondary N) is 1. The van der Waals surface area contributed by atoms with Crippen molar-refractivity contribution in [1.29, 1.82) is 0 Å². The van der Waals surface area contributed by atoms with E-state index in [0.29, 0.717) is 25.5 Å². The van der Waals surface area contributed by atoms with Crippen LogP contribution in [0.4, 0.5) is 10.2 Å². The maximum absolute atomic E-state index is 15.0. The average molecular weight is 387 g/mol. The molecule has 0 radical (unpaired) electrons. The first kappa shape index (κ1) is 17.4. The first-order valence-electron chi connectivity index (χ1n) is 9.41. The van der Waals surface area contributed by atoms with Crippen LogP contribution in [0.25, 0.3) is 16.9 Å². The van der Waals surface area contributed by atoms with Gasteiger partial charge >= 0.3 is 0 Å². The Morgan fingerprint density at radius 3 is 2.79 bits per heavy atom. The van der Waals surface area contributed by atoms with Gasteiger partial charge in [-0.1, -0.05) is 30.3 Å². The highest BCUT2D eigenvalue weighted by Crippen LogP contribution is 2.28. The maximum atomic E-state index is 15.0. The minimum Gasteiger partial charge on any atom is -0.350 e. The summed E-state index contributed by atoms with van der Waals surface area (Å²) >= 11 is 0. The molecule has 6 nitrogen and oxygen atoms in total. The van der Waals surface area contributed by atoms with E-state index in [1.807, 2.05) is 47.4 Å². The lowest BCUT2D eigenvalue weighted by molar-refractivity contribution is 0.0957. The summed E-state index contributed by atoms with van der Waals surface area (Å²) in [5.41, 5.74) is 2.85. The van der Waals surface area contributed by atoms with Crippen molar-refractivity contribution in [2.24, 2.45) is 0 Å². The molecule has 0 bridgehead atoms. The molecular weight excluding hydrogens is 369 g/mol. The monoisotopic (exact) mass is 387 g/mol. The molecule has 1 aromatic carbocycles. The van der Waals surface area contributed by atoms with Crippen LogP contribution >= 0.6 is 0 Å². The van der Waals surface area contributed by atoms with Gasteiger partial charge in [-0.25, -0.2) is 9.37 Å². The third kappa shape index (κ3) is 3.10. The standard InChI is InChI=1S/C22H18FN5O/c23-17-13-16-20(26-21(17)28-11-8-18-19(28)7-4-9-24-18)27(12-10-25-22(16)29)14-15-5-2-1-3-6-15/h1-9,11,13H,10,12,14H2,(H,25,29). The molecule has 4 aromatic rings. The number of anilines is 1. The molecule has 0 saturated heterocycles. The second kappa shape index (κ2) is 7.01. The number of hydrogen-bond donors (Lipinski definition) is 1. The van der Waals surface area contributed by atoms with E-state index in [0.717, 1.165) is 16.6 Å². The number of rotatable bonds is 3. The molecule has 0 spiro atoms. The van der Waals surface area contributed by atoms with Crippen LogP contribution < -0.4 is 10.2 Å². The van der Waals surface area contributed by atoms with E-state index in [1.54, 1.807) is 23.0 Å². The zero-order chi connectivity index (χ0) is 19.8. The minimum absolute atomic E-state index is 0.152. The molecule has 0 unspecified atom stereocenters. The SMILES string of the molecule is O=C1NCCN(Cc2ccccc2)c2nc(-n3ccc4ncccc43)c(F)cc21. The Morgan fingerprint density at radius 2 is 1.93 bits per heavy atom. The van der Waals surface area contributed by atoms with E-state index in [1.165, 1.54) is 6.07 Å². The maximum Gasteiger partial charge on any atom is 0.255 e. The lowest BCUT2D eigenvalue weighted by atomic mass is 10.2. The number of benzene rings is 1. The molecule has 1 N–H and O–H groups in total.